The van der Waals surface area contributed by atoms with Crippen molar-refractivity contribution in [2.24, 2.45) is 5.92 Å². The maximum absolute atomic E-state index is 13.6. The van der Waals surface area contributed by atoms with Gasteiger partial charge in [0.25, 0.3) is 5.91 Å². The summed E-state index contributed by atoms with van der Waals surface area (Å²) in [6, 6.07) is 5.50. The molecule has 7 nitrogen and oxygen atoms in total. The number of hydrogen-bond acceptors (Lipinski definition) is 4. The van der Waals surface area contributed by atoms with Crippen LogP contribution in [-0.2, 0) is 9.59 Å². The van der Waals surface area contributed by atoms with E-state index >= 15 is 0 Å². The minimum absolute atomic E-state index is 0.233. The summed E-state index contributed by atoms with van der Waals surface area (Å²) >= 11 is 0. The van der Waals surface area contributed by atoms with E-state index in [1.807, 2.05) is 19.0 Å². The molecule has 4 amide bonds. The molecule has 3 rings (SSSR count). The van der Waals surface area contributed by atoms with E-state index in [0.717, 1.165) is 29.7 Å². The van der Waals surface area contributed by atoms with Gasteiger partial charge in [0.15, 0.2) is 0 Å². The number of amides is 4. The first-order chi connectivity index (χ1) is 14.3. The molecule has 2 aliphatic rings. The number of carbonyl (C=O) groups is 3. The van der Waals surface area contributed by atoms with Gasteiger partial charge < -0.3 is 15.5 Å². The summed E-state index contributed by atoms with van der Waals surface area (Å²) < 4.78 is 13.6. The van der Waals surface area contributed by atoms with Gasteiger partial charge in [-0.15, -0.1) is 0 Å². The molecule has 1 aromatic carbocycles. The molecule has 0 radical (unpaired) electrons. The van der Waals surface area contributed by atoms with E-state index in [0.29, 0.717) is 18.8 Å². The molecule has 8 heteroatoms. The number of nitrogens with one attached hydrogen (secondary N) is 2. The number of benzene rings is 1. The highest BCUT2D eigenvalue weighted by molar-refractivity contribution is 6.09. The maximum Gasteiger partial charge on any atom is 0.325 e. The van der Waals surface area contributed by atoms with Gasteiger partial charge in [0.1, 0.15) is 17.9 Å². The molecule has 1 aromatic rings. The van der Waals surface area contributed by atoms with E-state index in [4.69, 9.17) is 0 Å². The zero-order chi connectivity index (χ0) is 21.9. The van der Waals surface area contributed by atoms with Crippen LogP contribution in [0.25, 0.3) is 0 Å². The smallest absolute Gasteiger partial charge is 0.325 e. The first-order valence-corrected chi connectivity index (χ1v) is 10.6. The van der Waals surface area contributed by atoms with Gasteiger partial charge in [0.2, 0.25) is 5.91 Å². The van der Waals surface area contributed by atoms with Crippen LogP contribution in [-0.4, -0.2) is 60.4 Å². The van der Waals surface area contributed by atoms with Gasteiger partial charge in [0.05, 0.1) is 6.04 Å². The number of carbonyl (C=O) groups excluding carboxylic acids is 3. The van der Waals surface area contributed by atoms with Gasteiger partial charge in [-0.1, -0.05) is 25.5 Å². The summed E-state index contributed by atoms with van der Waals surface area (Å²) in [7, 11) is 3.69. The Morgan fingerprint density at radius 3 is 2.63 bits per heavy atom. The third-order valence-electron chi connectivity index (χ3n) is 6.43. The van der Waals surface area contributed by atoms with Crippen LogP contribution in [0.4, 0.5) is 9.18 Å². The second-order valence-corrected chi connectivity index (χ2v) is 8.59. The first-order valence-electron chi connectivity index (χ1n) is 10.6. The molecule has 2 fully saturated rings. The normalized spacial score (nSPS) is 25.0. The summed E-state index contributed by atoms with van der Waals surface area (Å²) in [5.41, 5.74) is -0.113. The van der Waals surface area contributed by atoms with Gasteiger partial charge in [0, 0.05) is 6.54 Å². The lowest BCUT2D eigenvalue weighted by molar-refractivity contribution is -0.136. The van der Waals surface area contributed by atoms with Crippen molar-refractivity contribution in [1.29, 1.82) is 0 Å². The van der Waals surface area contributed by atoms with Crippen LogP contribution in [0.5, 0.6) is 0 Å². The average molecular weight is 419 g/mol. The third-order valence-corrected chi connectivity index (χ3v) is 6.43. The largest absolute Gasteiger partial charge is 0.353 e. The monoisotopic (exact) mass is 418 g/mol. The predicted molar refractivity (Wildman–Crippen MR) is 111 cm³/mol. The number of halogens is 1. The summed E-state index contributed by atoms with van der Waals surface area (Å²) in [6.45, 7) is 2.06. The van der Waals surface area contributed by atoms with E-state index in [-0.39, 0.29) is 30.9 Å². The molecule has 1 unspecified atom stereocenters. The molecule has 1 spiro atoms. The Labute approximate surface area is 177 Å². The molecule has 1 aliphatic carbocycles. The van der Waals surface area contributed by atoms with Crippen molar-refractivity contribution in [1.82, 2.24) is 20.4 Å². The molecule has 0 aromatic heterocycles. The fourth-order valence-electron chi connectivity index (χ4n) is 4.46. The number of hydrogen-bond donors (Lipinski definition) is 2. The fourth-order valence-corrected chi connectivity index (χ4v) is 4.46. The topological polar surface area (TPSA) is 81.8 Å². The molecular formula is C22H31FN4O3. The number of rotatable bonds is 7. The molecule has 1 saturated heterocycles. The minimum atomic E-state index is -0.850. The highest BCUT2D eigenvalue weighted by atomic mass is 19.1. The zero-order valence-corrected chi connectivity index (χ0v) is 17.9. The summed E-state index contributed by atoms with van der Waals surface area (Å²) in [5.74, 6) is -0.468. The highest BCUT2D eigenvalue weighted by Crippen LogP contribution is 2.37. The Hall–Kier alpha value is -2.48. The molecule has 1 aliphatic heterocycles. The Kier molecular flexibility index (Phi) is 6.75. The molecule has 1 heterocycles. The fraction of sp³-hybridized carbons (Fsp3) is 0.591. The van der Waals surface area contributed by atoms with Crippen molar-refractivity contribution in [3.05, 3.63) is 35.6 Å². The molecule has 30 heavy (non-hydrogen) atoms. The molecule has 2 N–H and O–H groups in total. The van der Waals surface area contributed by atoms with E-state index in [1.165, 1.54) is 12.1 Å². The highest BCUT2D eigenvalue weighted by Gasteiger charge is 2.52. The van der Waals surface area contributed by atoms with Crippen molar-refractivity contribution in [2.75, 3.05) is 27.2 Å². The second-order valence-electron chi connectivity index (χ2n) is 8.59. The Bertz CT molecular complexity index is 805. The third kappa shape index (κ3) is 4.64. The number of imide groups is 1. The van der Waals surface area contributed by atoms with Gasteiger partial charge in [-0.05, 0) is 63.4 Å². The lowest BCUT2D eigenvalue weighted by Crippen LogP contribution is -2.50. The van der Waals surface area contributed by atoms with E-state index in [2.05, 4.69) is 17.6 Å². The van der Waals surface area contributed by atoms with Crippen LogP contribution >= 0.6 is 0 Å². The van der Waals surface area contributed by atoms with Crippen LogP contribution in [0.15, 0.2) is 24.3 Å². The van der Waals surface area contributed by atoms with Crippen molar-refractivity contribution in [3.63, 3.8) is 0 Å². The van der Waals surface area contributed by atoms with Gasteiger partial charge >= 0.3 is 6.03 Å². The van der Waals surface area contributed by atoms with Crippen molar-refractivity contribution < 1.29 is 18.8 Å². The number of urea groups is 1. The van der Waals surface area contributed by atoms with Crippen LogP contribution < -0.4 is 10.6 Å². The SMILES string of the molecule is CCC1CCC2(CC1)NC(=O)N(CC(=O)NCC(c1cccc(F)c1)N(C)C)C2=O. The van der Waals surface area contributed by atoms with E-state index in [9.17, 15) is 18.8 Å². The molecular weight excluding hydrogens is 387 g/mol. The average Bonchev–Trinajstić information content (AvgIpc) is 2.92. The van der Waals surface area contributed by atoms with E-state index < -0.39 is 17.5 Å². The second kappa shape index (κ2) is 9.12. The van der Waals surface area contributed by atoms with Crippen LogP contribution in [0.2, 0.25) is 0 Å². The first kappa shape index (κ1) is 22.2. The van der Waals surface area contributed by atoms with Gasteiger partial charge in [-0.2, -0.15) is 0 Å². The standard InChI is InChI=1S/C22H31FN4O3/c1-4-15-8-10-22(11-9-15)20(29)27(21(30)25-22)14-19(28)24-13-18(26(2)3)16-6-5-7-17(23)12-16/h5-7,12,15,18H,4,8-11,13-14H2,1-3H3,(H,24,28)(H,25,30). The van der Waals surface area contributed by atoms with Gasteiger partial charge in [-0.25, -0.2) is 9.18 Å². The predicted octanol–water partition coefficient (Wildman–Crippen LogP) is 2.44. The van der Waals surface area contributed by atoms with E-state index in [1.54, 1.807) is 12.1 Å². The molecule has 164 valence electrons. The van der Waals surface area contributed by atoms with Crippen LogP contribution in [0.3, 0.4) is 0 Å². The quantitative estimate of drug-likeness (QED) is 0.667. The summed E-state index contributed by atoms with van der Waals surface area (Å²) in [5, 5.41) is 5.62. The number of likely N-dealkylation sites (N-methyl/N-ethyl adjacent to an activating group) is 1. The minimum Gasteiger partial charge on any atom is -0.353 e. The Morgan fingerprint density at radius 1 is 1.33 bits per heavy atom. The zero-order valence-electron chi connectivity index (χ0n) is 17.9. The van der Waals surface area contributed by atoms with Crippen molar-refractivity contribution in [2.45, 2.75) is 50.6 Å². The molecule has 1 saturated carbocycles. The Morgan fingerprint density at radius 2 is 2.03 bits per heavy atom. The van der Waals surface area contributed by atoms with Crippen molar-refractivity contribution in [3.8, 4) is 0 Å². The number of nitrogens with zero attached hydrogens (tertiary/aromatic N) is 2. The molecule has 1 atom stereocenters. The van der Waals surface area contributed by atoms with Crippen molar-refractivity contribution >= 4 is 17.8 Å². The van der Waals surface area contributed by atoms with Gasteiger partial charge in [-0.3, -0.25) is 14.5 Å². The molecule has 0 bridgehead atoms. The lowest BCUT2D eigenvalue weighted by atomic mass is 9.75. The maximum atomic E-state index is 13.6. The van der Waals surface area contributed by atoms with Crippen LogP contribution in [0.1, 0.15) is 50.6 Å². The summed E-state index contributed by atoms with van der Waals surface area (Å²) in [6.07, 6.45) is 4.12. The lowest BCUT2D eigenvalue weighted by Gasteiger charge is -2.34. The Balaban J connectivity index is 1.59. The van der Waals surface area contributed by atoms with Crippen LogP contribution in [0, 0.1) is 11.7 Å². The summed E-state index contributed by atoms with van der Waals surface area (Å²) in [4.78, 5) is 40.8.